The topological polar surface area (TPSA) is 55.6 Å². The van der Waals surface area contributed by atoms with Crippen LogP contribution in [0.1, 0.15) is 37.4 Å². The van der Waals surface area contributed by atoms with Crippen molar-refractivity contribution in [1.29, 1.82) is 0 Å². The van der Waals surface area contributed by atoms with Crippen LogP contribution in [0.4, 0.5) is 0 Å². The molecule has 7 heteroatoms. The molecule has 0 bridgehead atoms. The van der Waals surface area contributed by atoms with E-state index in [-0.39, 0.29) is 0 Å². The summed E-state index contributed by atoms with van der Waals surface area (Å²) >= 11 is 7.81. The summed E-state index contributed by atoms with van der Waals surface area (Å²) in [5, 5.41) is 7.96. The molecule has 5 rings (SSSR count). The molecule has 1 aliphatic heterocycles. The van der Waals surface area contributed by atoms with Gasteiger partial charge in [0.05, 0.1) is 0 Å². The Morgan fingerprint density at radius 2 is 2.22 bits per heavy atom. The third-order valence-corrected chi connectivity index (χ3v) is 6.95. The van der Waals surface area contributed by atoms with Crippen molar-refractivity contribution in [1.82, 2.24) is 24.8 Å². The van der Waals surface area contributed by atoms with Crippen LogP contribution in [0.15, 0.2) is 29.4 Å². The summed E-state index contributed by atoms with van der Waals surface area (Å²) in [4.78, 5) is 13.5. The maximum atomic E-state index is 6.14. The SMILES string of the molecule is Cc1csc(-c2cn(C3CCC(C4=CCCNC4)C3)c3nc(Cl)ncc23)n1. The Balaban J connectivity index is 1.53. The van der Waals surface area contributed by atoms with Crippen molar-refractivity contribution in [3.63, 3.8) is 0 Å². The number of fused-ring (bicyclic) bond motifs is 1. The Morgan fingerprint density at radius 1 is 1.30 bits per heavy atom. The maximum absolute atomic E-state index is 6.14. The molecule has 2 atom stereocenters. The number of hydrogen-bond acceptors (Lipinski definition) is 5. The summed E-state index contributed by atoms with van der Waals surface area (Å²) in [6, 6.07) is 0.445. The molecule has 0 spiro atoms. The minimum Gasteiger partial charge on any atom is -0.329 e. The van der Waals surface area contributed by atoms with E-state index in [0.717, 1.165) is 53.2 Å². The van der Waals surface area contributed by atoms with Gasteiger partial charge in [0.25, 0.3) is 0 Å². The number of hydrogen-bond donors (Lipinski definition) is 1. The van der Waals surface area contributed by atoms with Gasteiger partial charge in [0.15, 0.2) is 0 Å². The van der Waals surface area contributed by atoms with Crippen molar-refractivity contribution in [3.8, 4) is 10.6 Å². The first-order chi connectivity index (χ1) is 13.2. The maximum Gasteiger partial charge on any atom is 0.224 e. The molecule has 4 heterocycles. The molecule has 0 radical (unpaired) electrons. The largest absolute Gasteiger partial charge is 0.329 e. The highest BCUT2D eigenvalue weighted by molar-refractivity contribution is 7.13. The Morgan fingerprint density at radius 3 is 3.00 bits per heavy atom. The molecule has 140 valence electrons. The van der Waals surface area contributed by atoms with Crippen molar-refractivity contribution in [3.05, 3.63) is 40.4 Å². The van der Waals surface area contributed by atoms with E-state index in [9.17, 15) is 0 Å². The number of aryl methyl sites for hydroxylation is 1. The second-order valence-electron chi connectivity index (χ2n) is 7.53. The summed E-state index contributed by atoms with van der Waals surface area (Å²) in [5.41, 5.74) is 4.67. The highest BCUT2D eigenvalue weighted by Crippen LogP contribution is 2.42. The Bertz CT molecular complexity index is 1020. The number of nitrogens with zero attached hydrogens (tertiary/aromatic N) is 4. The van der Waals surface area contributed by atoms with Crippen LogP contribution in [-0.4, -0.2) is 32.6 Å². The third-order valence-electron chi connectivity index (χ3n) is 5.77. The fourth-order valence-electron chi connectivity index (χ4n) is 4.46. The van der Waals surface area contributed by atoms with Gasteiger partial charge in [0, 0.05) is 47.0 Å². The molecule has 1 aliphatic carbocycles. The van der Waals surface area contributed by atoms with E-state index in [1.807, 2.05) is 13.1 Å². The second kappa shape index (κ2) is 7.00. The molecular formula is C20H22ClN5S. The van der Waals surface area contributed by atoms with Gasteiger partial charge in [-0.25, -0.2) is 9.97 Å². The molecule has 1 saturated carbocycles. The summed E-state index contributed by atoms with van der Waals surface area (Å²) < 4.78 is 2.33. The number of thiazole rings is 1. The lowest BCUT2D eigenvalue weighted by Gasteiger charge is -2.20. The first kappa shape index (κ1) is 17.3. The predicted molar refractivity (Wildman–Crippen MR) is 110 cm³/mol. The highest BCUT2D eigenvalue weighted by Gasteiger charge is 2.30. The van der Waals surface area contributed by atoms with Gasteiger partial charge >= 0.3 is 0 Å². The molecule has 5 nitrogen and oxygen atoms in total. The molecule has 3 aromatic rings. The van der Waals surface area contributed by atoms with Gasteiger partial charge in [-0.1, -0.05) is 11.6 Å². The van der Waals surface area contributed by atoms with E-state index >= 15 is 0 Å². The summed E-state index contributed by atoms with van der Waals surface area (Å²) in [5.74, 6) is 0.670. The first-order valence-corrected chi connectivity index (χ1v) is 10.8. The Labute approximate surface area is 167 Å². The lowest BCUT2D eigenvalue weighted by molar-refractivity contribution is 0.501. The molecule has 0 amide bonds. The zero-order chi connectivity index (χ0) is 18.4. The zero-order valence-corrected chi connectivity index (χ0v) is 16.9. The van der Waals surface area contributed by atoms with Crippen molar-refractivity contribution in [2.24, 2.45) is 5.92 Å². The van der Waals surface area contributed by atoms with E-state index < -0.39 is 0 Å². The average Bonchev–Trinajstić information content (AvgIpc) is 3.40. The van der Waals surface area contributed by atoms with Crippen molar-refractivity contribution in [2.75, 3.05) is 13.1 Å². The number of halogens is 1. The zero-order valence-electron chi connectivity index (χ0n) is 15.3. The Hall–Kier alpha value is -1.76. The van der Waals surface area contributed by atoms with Crippen LogP contribution >= 0.6 is 22.9 Å². The Kier molecular flexibility index (Phi) is 4.50. The fourth-order valence-corrected chi connectivity index (χ4v) is 5.41. The van der Waals surface area contributed by atoms with E-state index in [2.05, 4.69) is 42.5 Å². The van der Waals surface area contributed by atoms with Crippen LogP contribution < -0.4 is 5.32 Å². The van der Waals surface area contributed by atoms with Gasteiger partial charge in [0.2, 0.25) is 5.28 Å². The number of aromatic nitrogens is 4. The number of nitrogens with one attached hydrogen (secondary N) is 1. The lowest BCUT2D eigenvalue weighted by Crippen LogP contribution is -2.25. The van der Waals surface area contributed by atoms with Gasteiger partial charge in [0.1, 0.15) is 10.7 Å². The van der Waals surface area contributed by atoms with Crippen LogP contribution in [0.5, 0.6) is 0 Å². The molecule has 1 N–H and O–H groups in total. The molecule has 2 unspecified atom stereocenters. The lowest BCUT2D eigenvalue weighted by atomic mass is 9.94. The fraction of sp³-hybridized carbons (Fsp3) is 0.450. The number of rotatable bonds is 3. The van der Waals surface area contributed by atoms with E-state index in [1.54, 1.807) is 16.9 Å². The molecule has 2 aliphatic rings. The molecular weight excluding hydrogens is 378 g/mol. The van der Waals surface area contributed by atoms with Crippen LogP contribution in [-0.2, 0) is 0 Å². The monoisotopic (exact) mass is 399 g/mol. The van der Waals surface area contributed by atoms with Gasteiger partial charge in [-0.2, -0.15) is 4.98 Å². The predicted octanol–water partition coefficient (Wildman–Crippen LogP) is 4.78. The summed E-state index contributed by atoms with van der Waals surface area (Å²) in [6.45, 7) is 4.18. The van der Waals surface area contributed by atoms with Gasteiger partial charge in [-0.05, 0) is 56.7 Å². The van der Waals surface area contributed by atoms with Crippen LogP contribution in [0.2, 0.25) is 5.28 Å². The van der Waals surface area contributed by atoms with Crippen molar-refractivity contribution < 1.29 is 0 Å². The van der Waals surface area contributed by atoms with Gasteiger partial charge in [-0.3, -0.25) is 0 Å². The molecule has 3 aromatic heterocycles. The quantitative estimate of drug-likeness (QED) is 0.508. The summed E-state index contributed by atoms with van der Waals surface area (Å²) in [7, 11) is 0. The minimum absolute atomic E-state index is 0.303. The molecule has 0 saturated heterocycles. The smallest absolute Gasteiger partial charge is 0.224 e. The van der Waals surface area contributed by atoms with E-state index in [4.69, 9.17) is 11.6 Å². The normalized spacial score (nSPS) is 23.1. The van der Waals surface area contributed by atoms with Crippen LogP contribution in [0.25, 0.3) is 21.6 Å². The van der Waals surface area contributed by atoms with Crippen molar-refractivity contribution >= 4 is 34.0 Å². The van der Waals surface area contributed by atoms with E-state index in [0.29, 0.717) is 17.2 Å². The van der Waals surface area contributed by atoms with Crippen molar-refractivity contribution in [2.45, 2.75) is 38.6 Å². The third kappa shape index (κ3) is 3.20. The average molecular weight is 400 g/mol. The molecule has 1 fully saturated rings. The van der Waals surface area contributed by atoms with E-state index in [1.165, 1.54) is 12.8 Å². The molecule has 27 heavy (non-hydrogen) atoms. The highest BCUT2D eigenvalue weighted by atomic mass is 35.5. The standard InChI is InChI=1S/C20H22ClN5S/c1-12-11-27-19(24-12)17-10-26(18-16(17)9-23-20(21)25-18)15-5-4-13(7-15)14-3-2-6-22-8-14/h3,9-11,13,15,22H,2,4-8H2,1H3. The molecule has 0 aromatic carbocycles. The summed E-state index contributed by atoms with van der Waals surface area (Å²) in [6.07, 6.45) is 11.2. The van der Waals surface area contributed by atoms with Gasteiger partial charge < -0.3 is 9.88 Å². The minimum atomic E-state index is 0.303. The van der Waals surface area contributed by atoms with Crippen LogP contribution in [0, 0.1) is 12.8 Å². The second-order valence-corrected chi connectivity index (χ2v) is 8.72. The van der Waals surface area contributed by atoms with Crippen LogP contribution in [0.3, 0.4) is 0 Å². The first-order valence-electron chi connectivity index (χ1n) is 9.54. The van der Waals surface area contributed by atoms with Gasteiger partial charge in [-0.15, -0.1) is 11.3 Å².